The Bertz CT molecular complexity index is 445. The summed E-state index contributed by atoms with van der Waals surface area (Å²) in [5.74, 6) is 0. The van der Waals surface area contributed by atoms with Crippen LogP contribution in [0.25, 0.3) is 0 Å². The van der Waals surface area contributed by atoms with Crippen molar-refractivity contribution in [3.63, 3.8) is 0 Å². The van der Waals surface area contributed by atoms with Crippen molar-refractivity contribution in [3.05, 3.63) is 39.9 Å². The fourth-order valence-corrected chi connectivity index (χ4v) is 2.19. The largest absolute Gasteiger partial charge is 0.399 e. The number of nitro groups is 1. The van der Waals surface area contributed by atoms with Gasteiger partial charge in [0.15, 0.2) is 14.4 Å². The third-order valence-corrected chi connectivity index (χ3v) is 2.94. The summed E-state index contributed by atoms with van der Waals surface area (Å²) in [5.41, 5.74) is 0.666. The Kier molecular flexibility index (Phi) is 3.99. The first-order valence-corrected chi connectivity index (χ1v) is 8.56. The van der Waals surface area contributed by atoms with Crippen molar-refractivity contribution in [1.82, 2.24) is 0 Å². The van der Waals surface area contributed by atoms with Crippen LogP contribution in [0.15, 0.2) is 24.3 Å². The minimum atomic E-state index is -1.82. The van der Waals surface area contributed by atoms with Gasteiger partial charge in [-0.3, -0.25) is 10.1 Å². The number of nitro benzene ring substituents is 1. The lowest BCUT2D eigenvalue weighted by molar-refractivity contribution is -0.384. The van der Waals surface area contributed by atoms with Crippen LogP contribution in [-0.4, -0.2) is 13.2 Å². The molecular formula is C11H14N2O3Si. The molecule has 0 aromatic heterocycles. The number of rotatable bonds is 4. The zero-order valence-corrected chi connectivity index (χ0v) is 11.0. The molecule has 0 amide bonds. The molecule has 0 radical (unpaired) electrons. The first kappa shape index (κ1) is 13.4. The second-order valence-electron chi connectivity index (χ2n) is 4.59. The lowest BCUT2D eigenvalue weighted by Gasteiger charge is -2.21. The maximum absolute atomic E-state index is 10.5. The van der Waals surface area contributed by atoms with E-state index in [4.69, 9.17) is 9.69 Å². The fraction of sp³-hybridized carbons (Fsp3) is 0.364. The van der Waals surface area contributed by atoms with Gasteiger partial charge in [-0.1, -0.05) is 0 Å². The van der Waals surface area contributed by atoms with E-state index >= 15 is 0 Å². The molecular weight excluding hydrogens is 236 g/mol. The van der Waals surface area contributed by atoms with Crippen LogP contribution in [0, 0.1) is 21.4 Å². The highest BCUT2D eigenvalue weighted by molar-refractivity contribution is 6.69. The van der Waals surface area contributed by atoms with Crippen LogP contribution in [0.2, 0.25) is 19.6 Å². The SMILES string of the molecule is C[Si](C)(C)O[C@H](C#N)c1ccc([N+](=O)[O-])cc1. The molecule has 0 saturated carbocycles. The van der Waals surface area contributed by atoms with Crippen molar-refractivity contribution in [2.45, 2.75) is 25.7 Å². The molecule has 0 N–H and O–H groups in total. The van der Waals surface area contributed by atoms with Crippen LogP contribution in [0.1, 0.15) is 11.7 Å². The molecule has 0 saturated heterocycles. The van der Waals surface area contributed by atoms with E-state index in [0.29, 0.717) is 5.56 Å². The predicted molar refractivity (Wildman–Crippen MR) is 65.9 cm³/mol. The molecule has 17 heavy (non-hydrogen) atoms. The van der Waals surface area contributed by atoms with Gasteiger partial charge in [0, 0.05) is 12.1 Å². The van der Waals surface area contributed by atoms with Crippen LogP contribution in [0.5, 0.6) is 0 Å². The summed E-state index contributed by atoms with van der Waals surface area (Å²) in [6.45, 7) is 5.97. The molecule has 1 aromatic carbocycles. The molecule has 0 spiro atoms. The summed E-state index contributed by atoms with van der Waals surface area (Å²) in [7, 11) is -1.82. The van der Waals surface area contributed by atoms with Crippen molar-refractivity contribution in [3.8, 4) is 6.07 Å². The Labute approximate surface area is 101 Å². The maximum Gasteiger partial charge on any atom is 0.269 e. The monoisotopic (exact) mass is 250 g/mol. The molecule has 90 valence electrons. The Morgan fingerprint density at radius 2 is 1.88 bits per heavy atom. The average Bonchev–Trinajstić information content (AvgIpc) is 2.25. The molecule has 6 heteroatoms. The quantitative estimate of drug-likeness (QED) is 0.467. The highest BCUT2D eigenvalue weighted by Gasteiger charge is 2.22. The summed E-state index contributed by atoms with van der Waals surface area (Å²) in [4.78, 5) is 10.0. The minimum absolute atomic E-state index is 0.0124. The van der Waals surface area contributed by atoms with Crippen molar-refractivity contribution in [2.24, 2.45) is 0 Å². The normalized spacial score (nSPS) is 12.8. The van der Waals surface area contributed by atoms with Crippen LogP contribution in [-0.2, 0) is 4.43 Å². The minimum Gasteiger partial charge on any atom is -0.399 e. The van der Waals surface area contributed by atoms with Gasteiger partial charge in [0.05, 0.1) is 11.0 Å². The Morgan fingerprint density at radius 3 is 2.24 bits per heavy atom. The van der Waals surface area contributed by atoms with Crippen LogP contribution < -0.4 is 0 Å². The van der Waals surface area contributed by atoms with E-state index in [-0.39, 0.29) is 5.69 Å². The van der Waals surface area contributed by atoms with Gasteiger partial charge in [0.1, 0.15) is 0 Å². The van der Waals surface area contributed by atoms with E-state index in [9.17, 15) is 10.1 Å². The predicted octanol–water partition coefficient (Wildman–Crippen LogP) is 3.01. The summed E-state index contributed by atoms with van der Waals surface area (Å²) in [6, 6.07) is 7.95. The molecule has 0 aliphatic heterocycles. The third kappa shape index (κ3) is 3.98. The highest BCUT2D eigenvalue weighted by atomic mass is 28.4. The van der Waals surface area contributed by atoms with E-state index < -0.39 is 19.3 Å². The average molecular weight is 250 g/mol. The van der Waals surface area contributed by atoms with Gasteiger partial charge in [-0.2, -0.15) is 5.26 Å². The van der Waals surface area contributed by atoms with Crippen LogP contribution in [0.4, 0.5) is 5.69 Å². The van der Waals surface area contributed by atoms with Crippen molar-refractivity contribution >= 4 is 14.0 Å². The summed E-state index contributed by atoms with van der Waals surface area (Å²) in [5, 5.41) is 19.5. The number of benzene rings is 1. The zero-order chi connectivity index (χ0) is 13.1. The smallest absolute Gasteiger partial charge is 0.269 e. The second-order valence-corrected chi connectivity index (χ2v) is 9.05. The number of nitrogens with zero attached hydrogens (tertiary/aromatic N) is 2. The van der Waals surface area contributed by atoms with Gasteiger partial charge in [0.25, 0.3) is 5.69 Å². The van der Waals surface area contributed by atoms with E-state index in [1.54, 1.807) is 12.1 Å². The Morgan fingerprint density at radius 1 is 1.35 bits per heavy atom. The van der Waals surface area contributed by atoms with E-state index in [0.717, 1.165) is 0 Å². The summed E-state index contributed by atoms with van der Waals surface area (Å²) >= 11 is 0. The van der Waals surface area contributed by atoms with Crippen molar-refractivity contribution in [1.29, 1.82) is 5.26 Å². The maximum atomic E-state index is 10.5. The molecule has 0 fully saturated rings. The molecule has 1 rings (SSSR count). The highest BCUT2D eigenvalue weighted by Crippen LogP contribution is 2.23. The summed E-state index contributed by atoms with van der Waals surface area (Å²) < 4.78 is 5.68. The van der Waals surface area contributed by atoms with Crippen LogP contribution >= 0.6 is 0 Å². The van der Waals surface area contributed by atoms with E-state index in [1.807, 2.05) is 19.6 Å². The standard InChI is InChI=1S/C11H14N2O3Si/c1-17(2,3)16-11(8-12)9-4-6-10(7-5-9)13(14)15/h4-7,11H,1-3H3/t11-/m1/s1. The molecule has 1 aromatic rings. The zero-order valence-electron chi connectivity index (χ0n) is 10.0. The molecule has 0 heterocycles. The number of nitriles is 1. The van der Waals surface area contributed by atoms with Crippen molar-refractivity contribution in [2.75, 3.05) is 0 Å². The molecule has 0 aliphatic rings. The van der Waals surface area contributed by atoms with Gasteiger partial charge in [-0.05, 0) is 37.3 Å². The molecule has 0 unspecified atom stereocenters. The first-order chi connectivity index (χ1) is 7.83. The Balaban J connectivity index is 2.91. The van der Waals surface area contributed by atoms with E-state index in [1.165, 1.54) is 12.1 Å². The van der Waals surface area contributed by atoms with Gasteiger partial charge >= 0.3 is 0 Å². The van der Waals surface area contributed by atoms with Gasteiger partial charge < -0.3 is 4.43 Å². The van der Waals surface area contributed by atoms with Gasteiger partial charge in [0.2, 0.25) is 0 Å². The number of hydrogen-bond donors (Lipinski definition) is 0. The molecule has 0 bridgehead atoms. The van der Waals surface area contributed by atoms with Crippen LogP contribution in [0.3, 0.4) is 0 Å². The van der Waals surface area contributed by atoms with E-state index in [2.05, 4.69) is 6.07 Å². The lowest BCUT2D eigenvalue weighted by atomic mass is 10.1. The topological polar surface area (TPSA) is 76.2 Å². The number of non-ortho nitro benzene ring substituents is 1. The third-order valence-electron chi connectivity index (χ3n) is 2.00. The molecule has 0 aliphatic carbocycles. The van der Waals surface area contributed by atoms with Gasteiger partial charge in [-0.25, -0.2) is 0 Å². The fourth-order valence-electron chi connectivity index (χ4n) is 1.29. The second kappa shape index (κ2) is 5.08. The number of hydrogen-bond acceptors (Lipinski definition) is 4. The molecule has 1 atom stereocenters. The first-order valence-electron chi connectivity index (χ1n) is 5.15. The lowest BCUT2D eigenvalue weighted by Crippen LogP contribution is -2.27. The molecule has 5 nitrogen and oxygen atoms in total. The van der Waals surface area contributed by atoms with Crippen molar-refractivity contribution < 1.29 is 9.35 Å². The summed E-state index contributed by atoms with van der Waals surface area (Å²) in [6.07, 6.45) is -0.650. The van der Waals surface area contributed by atoms with Gasteiger partial charge in [-0.15, -0.1) is 0 Å². The Hall–Kier alpha value is -1.71.